The van der Waals surface area contributed by atoms with Crippen molar-refractivity contribution in [1.29, 1.82) is 0 Å². The van der Waals surface area contributed by atoms with Crippen molar-refractivity contribution >= 4 is 12.2 Å². The number of rotatable bonds is 4. The Morgan fingerprint density at radius 1 is 0.923 bits per heavy atom. The Hall–Kier alpha value is -1.76. The van der Waals surface area contributed by atoms with E-state index < -0.39 is 0 Å². The first-order valence-corrected chi connectivity index (χ1v) is 4.05. The molecule has 0 aliphatic carbocycles. The first kappa shape index (κ1) is 9.33. The number of hydrogen-bond acceptors (Lipinski definition) is 1. The minimum atomic E-state index is 0.823. The Balaban J connectivity index is 2.74. The Bertz CT molecular complexity index is 307. The second-order valence-electron chi connectivity index (χ2n) is 2.43. The van der Waals surface area contributed by atoms with Gasteiger partial charge in [-0.05, 0) is 24.3 Å². The lowest BCUT2D eigenvalue weighted by Gasteiger charge is -1.83. The minimum Gasteiger partial charge on any atom is -0.457 e. The van der Waals surface area contributed by atoms with Crippen molar-refractivity contribution < 1.29 is 4.42 Å². The van der Waals surface area contributed by atoms with Gasteiger partial charge < -0.3 is 4.42 Å². The van der Waals surface area contributed by atoms with Gasteiger partial charge in [-0.3, -0.25) is 0 Å². The Morgan fingerprint density at radius 2 is 1.38 bits per heavy atom. The third kappa shape index (κ3) is 2.99. The number of allylic oxidation sites excluding steroid dienone is 4. The summed E-state index contributed by atoms with van der Waals surface area (Å²) in [5.74, 6) is 1.65. The van der Waals surface area contributed by atoms with E-state index in [0.717, 1.165) is 11.5 Å². The highest BCUT2D eigenvalue weighted by Gasteiger charge is 1.92. The molecule has 13 heavy (non-hydrogen) atoms. The van der Waals surface area contributed by atoms with Crippen LogP contribution in [0.15, 0.2) is 54.0 Å². The van der Waals surface area contributed by atoms with Gasteiger partial charge in [0.15, 0.2) is 0 Å². The van der Waals surface area contributed by atoms with Gasteiger partial charge >= 0.3 is 0 Å². The predicted molar refractivity (Wildman–Crippen MR) is 57.2 cm³/mol. The molecule has 0 aliphatic heterocycles. The van der Waals surface area contributed by atoms with Crippen LogP contribution in [0.3, 0.4) is 0 Å². The van der Waals surface area contributed by atoms with Crippen molar-refractivity contribution in [3.05, 3.63) is 61.1 Å². The van der Waals surface area contributed by atoms with Crippen LogP contribution in [-0.4, -0.2) is 0 Å². The summed E-state index contributed by atoms with van der Waals surface area (Å²) in [4.78, 5) is 0. The fraction of sp³-hybridized carbons (Fsp3) is 0. The van der Waals surface area contributed by atoms with E-state index in [2.05, 4.69) is 13.2 Å². The standard InChI is InChI=1S/C12H12O/c1-3-5-7-11-9-10-12(13-11)8-6-4-2/h3-10H,1-2H2/b7-5+,8-6+. The van der Waals surface area contributed by atoms with Gasteiger partial charge in [-0.1, -0.05) is 37.5 Å². The lowest BCUT2D eigenvalue weighted by atomic mass is 10.3. The van der Waals surface area contributed by atoms with E-state index in [1.165, 1.54) is 0 Å². The molecule has 1 heteroatoms. The van der Waals surface area contributed by atoms with Crippen molar-refractivity contribution in [2.45, 2.75) is 0 Å². The molecule has 1 heterocycles. The molecular formula is C12H12O. The van der Waals surface area contributed by atoms with Gasteiger partial charge in [0.1, 0.15) is 11.5 Å². The van der Waals surface area contributed by atoms with Gasteiger partial charge in [-0.2, -0.15) is 0 Å². The van der Waals surface area contributed by atoms with Crippen LogP contribution in [0.4, 0.5) is 0 Å². The molecule has 1 aromatic heterocycles. The largest absolute Gasteiger partial charge is 0.457 e. The molecule has 66 valence electrons. The van der Waals surface area contributed by atoms with Crippen LogP contribution in [-0.2, 0) is 0 Å². The molecule has 1 aromatic rings. The molecule has 0 amide bonds. The van der Waals surface area contributed by atoms with Crippen molar-refractivity contribution in [2.75, 3.05) is 0 Å². The van der Waals surface area contributed by atoms with E-state index in [1.54, 1.807) is 12.2 Å². The van der Waals surface area contributed by atoms with Gasteiger partial charge in [0, 0.05) is 0 Å². The predicted octanol–water partition coefficient (Wildman–Crippen LogP) is 3.68. The molecular weight excluding hydrogens is 160 g/mol. The zero-order valence-corrected chi connectivity index (χ0v) is 7.44. The molecule has 1 rings (SSSR count). The Labute approximate surface area is 78.4 Å². The first-order chi connectivity index (χ1) is 6.36. The average Bonchev–Trinajstić information content (AvgIpc) is 2.59. The van der Waals surface area contributed by atoms with Crippen LogP contribution >= 0.6 is 0 Å². The highest BCUT2D eigenvalue weighted by molar-refractivity contribution is 5.51. The summed E-state index contributed by atoms with van der Waals surface area (Å²) in [5, 5.41) is 0. The normalized spacial score (nSPS) is 11.1. The molecule has 0 spiro atoms. The van der Waals surface area contributed by atoms with Crippen molar-refractivity contribution in [3.63, 3.8) is 0 Å². The molecule has 0 saturated heterocycles. The maximum absolute atomic E-state index is 5.42. The smallest absolute Gasteiger partial charge is 0.127 e. The molecule has 0 unspecified atom stereocenters. The lowest BCUT2D eigenvalue weighted by Crippen LogP contribution is -1.60. The molecule has 0 aromatic carbocycles. The molecule has 0 fully saturated rings. The maximum atomic E-state index is 5.42. The van der Waals surface area contributed by atoms with Gasteiger partial charge in [-0.25, -0.2) is 0 Å². The van der Waals surface area contributed by atoms with Gasteiger partial charge in [-0.15, -0.1) is 0 Å². The number of hydrogen-bond donors (Lipinski definition) is 0. The highest BCUT2D eigenvalue weighted by atomic mass is 16.3. The molecule has 0 bridgehead atoms. The van der Waals surface area contributed by atoms with Crippen LogP contribution in [0.1, 0.15) is 11.5 Å². The summed E-state index contributed by atoms with van der Waals surface area (Å²) in [5.41, 5.74) is 0. The SMILES string of the molecule is C=C/C=C/c1ccc(/C=C/C=C)o1. The van der Waals surface area contributed by atoms with Crippen LogP contribution in [0, 0.1) is 0 Å². The van der Waals surface area contributed by atoms with E-state index in [0.29, 0.717) is 0 Å². The maximum Gasteiger partial charge on any atom is 0.127 e. The quantitative estimate of drug-likeness (QED) is 0.631. The fourth-order valence-corrected chi connectivity index (χ4v) is 0.873. The van der Waals surface area contributed by atoms with Crippen molar-refractivity contribution in [2.24, 2.45) is 0 Å². The fourth-order valence-electron chi connectivity index (χ4n) is 0.873. The van der Waals surface area contributed by atoms with Gasteiger partial charge in [0.2, 0.25) is 0 Å². The van der Waals surface area contributed by atoms with Crippen LogP contribution < -0.4 is 0 Å². The summed E-state index contributed by atoms with van der Waals surface area (Å²) in [6, 6.07) is 3.81. The summed E-state index contributed by atoms with van der Waals surface area (Å²) in [7, 11) is 0. The topological polar surface area (TPSA) is 13.1 Å². The summed E-state index contributed by atoms with van der Waals surface area (Å²) in [6.07, 6.45) is 10.8. The summed E-state index contributed by atoms with van der Waals surface area (Å²) < 4.78 is 5.42. The molecule has 0 aliphatic rings. The monoisotopic (exact) mass is 172 g/mol. The molecule has 0 saturated carbocycles. The second kappa shape index (κ2) is 4.99. The number of furan rings is 1. The Morgan fingerprint density at radius 3 is 1.77 bits per heavy atom. The first-order valence-electron chi connectivity index (χ1n) is 4.05. The van der Waals surface area contributed by atoms with Crippen LogP contribution in [0.2, 0.25) is 0 Å². The van der Waals surface area contributed by atoms with E-state index in [-0.39, 0.29) is 0 Å². The highest BCUT2D eigenvalue weighted by Crippen LogP contribution is 2.10. The van der Waals surface area contributed by atoms with Crippen LogP contribution in [0.25, 0.3) is 12.2 Å². The molecule has 0 radical (unpaired) electrons. The summed E-state index contributed by atoms with van der Waals surface area (Å²) in [6.45, 7) is 7.15. The van der Waals surface area contributed by atoms with Crippen LogP contribution in [0.5, 0.6) is 0 Å². The lowest BCUT2D eigenvalue weighted by molar-refractivity contribution is 0.547. The summed E-state index contributed by atoms with van der Waals surface area (Å²) >= 11 is 0. The van der Waals surface area contributed by atoms with Gasteiger partial charge in [0.05, 0.1) is 0 Å². The third-order valence-electron chi connectivity index (χ3n) is 1.44. The zero-order chi connectivity index (χ0) is 9.52. The van der Waals surface area contributed by atoms with E-state index in [1.807, 2.05) is 36.4 Å². The average molecular weight is 172 g/mol. The van der Waals surface area contributed by atoms with E-state index in [9.17, 15) is 0 Å². The molecule has 1 nitrogen and oxygen atoms in total. The van der Waals surface area contributed by atoms with Crippen molar-refractivity contribution in [1.82, 2.24) is 0 Å². The zero-order valence-electron chi connectivity index (χ0n) is 7.44. The molecule has 0 N–H and O–H groups in total. The van der Waals surface area contributed by atoms with Gasteiger partial charge in [0.25, 0.3) is 0 Å². The van der Waals surface area contributed by atoms with E-state index in [4.69, 9.17) is 4.42 Å². The Kier molecular flexibility index (Phi) is 3.58. The molecule has 0 atom stereocenters. The minimum absolute atomic E-state index is 0.823. The van der Waals surface area contributed by atoms with E-state index >= 15 is 0 Å². The second-order valence-corrected chi connectivity index (χ2v) is 2.43. The third-order valence-corrected chi connectivity index (χ3v) is 1.44. The van der Waals surface area contributed by atoms with Crippen molar-refractivity contribution in [3.8, 4) is 0 Å².